The fraction of sp³-hybridized carbons (Fsp3) is 0.600. The smallest absolute Gasteiger partial charge is 0.119 e. The summed E-state index contributed by atoms with van der Waals surface area (Å²) in [6.45, 7) is 1.26. The standard InChI is InChI=1S/C15H23NO3/c1-18-13-4-6-14(7-5-13)19-9-8-15(10-16,11-17)12-2-3-12/h4-7,12,17H,2-3,8-11,16H2,1H3. The molecule has 0 radical (unpaired) electrons. The van der Waals surface area contributed by atoms with Gasteiger partial charge >= 0.3 is 0 Å². The van der Waals surface area contributed by atoms with Crippen molar-refractivity contribution in [1.29, 1.82) is 0 Å². The van der Waals surface area contributed by atoms with Crippen molar-refractivity contribution in [2.75, 3.05) is 26.9 Å². The summed E-state index contributed by atoms with van der Waals surface area (Å²) >= 11 is 0. The maximum Gasteiger partial charge on any atom is 0.119 e. The number of aliphatic hydroxyl groups excluding tert-OH is 1. The Labute approximate surface area is 114 Å². The SMILES string of the molecule is COc1ccc(OCCC(CN)(CO)C2CC2)cc1. The summed E-state index contributed by atoms with van der Waals surface area (Å²) < 4.78 is 10.8. The van der Waals surface area contributed by atoms with Gasteiger partial charge in [0.15, 0.2) is 0 Å². The van der Waals surface area contributed by atoms with E-state index in [9.17, 15) is 5.11 Å². The summed E-state index contributed by atoms with van der Waals surface area (Å²) in [4.78, 5) is 0. The predicted molar refractivity (Wildman–Crippen MR) is 74.4 cm³/mol. The molecule has 0 spiro atoms. The molecule has 1 aliphatic carbocycles. The molecule has 1 aliphatic rings. The van der Waals surface area contributed by atoms with Crippen LogP contribution in [0.3, 0.4) is 0 Å². The summed E-state index contributed by atoms with van der Waals surface area (Å²) in [7, 11) is 1.64. The molecule has 1 aromatic carbocycles. The summed E-state index contributed by atoms with van der Waals surface area (Å²) in [6.07, 6.45) is 3.16. The van der Waals surface area contributed by atoms with Crippen LogP contribution in [0.1, 0.15) is 19.3 Å². The van der Waals surface area contributed by atoms with Crippen LogP contribution in [0.4, 0.5) is 0 Å². The fourth-order valence-corrected chi connectivity index (χ4v) is 2.49. The van der Waals surface area contributed by atoms with Crippen molar-refractivity contribution in [2.24, 2.45) is 17.1 Å². The molecular formula is C15H23NO3. The molecule has 4 heteroatoms. The number of ether oxygens (including phenoxy) is 2. The average molecular weight is 265 g/mol. The monoisotopic (exact) mass is 265 g/mol. The van der Waals surface area contributed by atoms with E-state index in [2.05, 4.69) is 0 Å². The molecule has 1 saturated carbocycles. The van der Waals surface area contributed by atoms with Crippen molar-refractivity contribution in [2.45, 2.75) is 19.3 Å². The zero-order valence-corrected chi connectivity index (χ0v) is 11.5. The van der Waals surface area contributed by atoms with Gasteiger partial charge in [-0.25, -0.2) is 0 Å². The first-order chi connectivity index (χ1) is 9.24. The zero-order valence-electron chi connectivity index (χ0n) is 11.5. The normalized spacial score (nSPS) is 17.8. The first kappa shape index (κ1) is 14.2. The molecule has 0 bridgehead atoms. The van der Waals surface area contributed by atoms with Gasteiger partial charge in [0.25, 0.3) is 0 Å². The molecule has 0 heterocycles. The Balaban J connectivity index is 1.84. The number of hydrogen-bond acceptors (Lipinski definition) is 4. The van der Waals surface area contributed by atoms with E-state index in [1.807, 2.05) is 24.3 Å². The van der Waals surface area contributed by atoms with E-state index in [0.29, 0.717) is 19.1 Å². The van der Waals surface area contributed by atoms with Crippen LogP contribution in [0, 0.1) is 11.3 Å². The van der Waals surface area contributed by atoms with Gasteiger partial charge in [-0.05, 0) is 49.4 Å². The van der Waals surface area contributed by atoms with E-state index in [4.69, 9.17) is 15.2 Å². The fourth-order valence-electron chi connectivity index (χ4n) is 2.49. The highest BCUT2D eigenvalue weighted by Gasteiger charge is 2.43. The molecule has 1 atom stereocenters. The van der Waals surface area contributed by atoms with E-state index in [-0.39, 0.29) is 12.0 Å². The van der Waals surface area contributed by atoms with Crippen LogP contribution in [0.15, 0.2) is 24.3 Å². The zero-order chi connectivity index (χ0) is 13.7. The number of aliphatic hydroxyl groups is 1. The number of methoxy groups -OCH3 is 1. The van der Waals surface area contributed by atoms with Gasteiger partial charge < -0.3 is 20.3 Å². The van der Waals surface area contributed by atoms with Crippen LogP contribution >= 0.6 is 0 Å². The van der Waals surface area contributed by atoms with Gasteiger partial charge in [-0.15, -0.1) is 0 Å². The maximum absolute atomic E-state index is 9.60. The Hall–Kier alpha value is -1.26. The van der Waals surface area contributed by atoms with Gasteiger partial charge in [-0.2, -0.15) is 0 Å². The summed E-state index contributed by atoms with van der Waals surface area (Å²) in [5.41, 5.74) is 5.70. The molecule has 3 N–H and O–H groups in total. The second-order valence-electron chi connectivity index (χ2n) is 5.27. The lowest BCUT2D eigenvalue weighted by atomic mass is 9.80. The van der Waals surface area contributed by atoms with Crippen LogP contribution in [-0.4, -0.2) is 32.0 Å². The molecule has 1 aromatic rings. The Morgan fingerprint density at radius 1 is 1.26 bits per heavy atom. The summed E-state index contributed by atoms with van der Waals surface area (Å²) in [6, 6.07) is 7.52. The molecular weight excluding hydrogens is 242 g/mol. The van der Waals surface area contributed by atoms with Crippen LogP contribution in [-0.2, 0) is 0 Å². The topological polar surface area (TPSA) is 64.7 Å². The molecule has 106 valence electrons. The minimum Gasteiger partial charge on any atom is -0.497 e. The highest BCUT2D eigenvalue weighted by Crippen LogP contribution is 2.46. The molecule has 19 heavy (non-hydrogen) atoms. The van der Waals surface area contributed by atoms with Crippen molar-refractivity contribution in [1.82, 2.24) is 0 Å². The number of benzene rings is 1. The van der Waals surface area contributed by atoms with Gasteiger partial charge in [0, 0.05) is 12.0 Å². The van der Waals surface area contributed by atoms with E-state index in [1.54, 1.807) is 7.11 Å². The highest BCUT2D eigenvalue weighted by molar-refractivity contribution is 5.31. The van der Waals surface area contributed by atoms with Crippen molar-refractivity contribution >= 4 is 0 Å². The van der Waals surface area contributed by atoms with Crippen molar-refractivity contribution in [3.05, 3.63) is 24.3 Å². The first-order valence-corrected chi connectivity index (χ1v) is 6.82. The van der Waals surface area contributed by atoms with Gasteiger partial charge in [0.2, 0.25) is 0 Å². The van der Waals surface area contributed by atoms with Gasteiger partial charge in [-0.1, -0.05) is 0 Å². The minimum atomic E-state index is -0.146. The molecule has 0 saturated heterocycles. The molecule has 1 fully saturated rings. The number of nitrogens with two attached hydrogens (primary N) is 1. The molecule has 4 nitrogen and oxygen atoms in total. The van der Waals surface area contributed by atoms with Crippen molar-refractivity contribution < 1.29 is 14.6 Å². The van der Waals surface area contributed by atoms with Crippen LogP contribution in [0.5, 0.6) is 11.5 Å². The van der Waals surface area contributed by atoms with E-state index >= 15 is 0 Å². The van der Waals surface area contributed by atoms with E-state index in [1.165, 1.54) is 12.8 Å². The Morgan fingerprint density at radius 3 is 2.37 bits per heavy atom. The second kappa shape index (κ2) is 6.26. The van der Waals surface area contributed by atoms with Gasteiger partial charge in [0.1, 0.15) is 11.5 Å². The number of rotatable bonds is 8. The average Bonchev–Trinajstić information content (AvgIpc) is 3.30. The van der Waals surface area contributed by atoms with Crippen LogP contribution in [0.2, 0.25) is 0 Å². The van der Waals surface area contributed by atoms with Crippen LogP contribution < -0.4 is 15.2 Å². The molecule has 1 unspecified atom stereocenters. The molecule has 0 amide bonds. The van der Waals surface area contributed by atoms with Crippen LogP contribution in [0.25, 0.3) is 0 Å². The number of hydrogen-bond donors (Lipinski definition) is 2. The van der Waals surface area contributed by atoms with Crippen molar-refractivity contribution in [3.8, 4) is 11.5 Å². The molecule has 0 aromatic heterocycles. The third-order valence-corrected chi connectivity index (χ3v) is 4.09. The Kier molecular flexibility index (Phi) is 4.66. The van der Waals surface area contributed by atoms with E-state index < -0.39 is 0 Å². The minimum absolute atomic E-state index is 0.146. The summed E-state index contributed by atoms with van der Waals surface area (Å²) in [5, 5.41) is 9.60. The predicted octanol–water partition coefficient (Wildman–Crippen LogP) is 1.81. The quantitative estimate of drug-likeness (QED) is 0.752. The third-order valence-electron chi connectivity index (χ3n) is 4.09. The lowest BCUT2D eigenvalue weighted by Crippen LogP contribution is -2.38. The molecule has 0 aliphatic heterocycles. The first-order valence-electron chi connectivity index (χ1n) is 6.82. The third kappa shape index (κ3) is 3.39. The lowest BCUT2D eigenvalue weighted by molar-refractivity contribution is 0.0816. The molecule has 2 rings (SSSR count). The lowest BCUT2D eigenvalue weighted by Gasteiger charge is -2.30. The van der Waals surface area contributed by atoms with E-state index in [0.717, 1.165) is 17.9 Å². The summed E-state index contributed by atoms with van der Waals surface area (Å²) in [5.74, 6) is 2.21. The van der Waals surface area contributed by atoms with Gasteiger partial charge in [0.05, 0.1) is 20.3 Å². The maximum atomic E-state index is 9.60. The Bertz CT molecular complexity index is 383. The van der Waals surface area contributed by atoms with Crippen molar-refractivity contribution in [3.63, 3.8) is 0 Å². The second-order valence-corrected chi connectivity index (χ2v) is 5.27. The van der Waals surface area contributed by atoms with Gasteiger partial charge in [-0.3, -0.25) is 0 Å². The largest absolute Gasteiger partial charge is 0.497 e. The highest BCUT2D eigenvalue weighted by atomic mass is 16.5. The Morgan fingerprint density at radius 2 is 1.89 bits per heavy atom.